The van der Waals surface area contributed by atoms with Crippen molar-refractivity contribution >= 4 is 16.8 Å². The van der Waals surface area contributed by atoms with Crippen LogP contribution in [0.5, 0.6) is 0 Å². The number of halogens is 1. The van der Waals surface area contributed by atoms with Crippen molar-refractivity contribution in [1.29, 1.82) is 0 Å². The zero-order chi connectivity index (χ0) is 17.2. The van der Waals surface area contributed by atoms with Crippen molar-refractivity contribution in [3.63, 3.8) is 0 Å². The van der Waals surface area contributed by atoms with Gasteiger partial charge in [0.25, 0.3) is 0 Å². The third-order valence-corrected chi connectivity index (χ3v) is 4.75. The molecule has 25 heavy (non-hydrogen) atoms. The molecule has 1 amide bonds. The Balaban J connectivity index is 1.71. The molecule has 0 atom stereocenters. The lowest BCUT2D eigenvalue weighted by molar-refractivity contribution is -0.132. The van der Waals surface area contributed by atoms with Gasteiger partial charge in [0.15, 0.2) is 0 Å². The molecule has 3 aromatic rings. The number of para-hydroxylation sites is 1. The van der Waals surface area contributed by atoms with Crippen LogP contribution in [0.1, 0.15) is 19.3 Å². The van der Waals surface area contributed by atoms with Crippen LogP contribution in [0.3, 0.4) is 0 Å². The van der Waals surface area contributed by atoms with Gasteiger partial charge in [0.05, 0.1) is 5.52 Å². The summed E-state index contributed by atoms with van der Waals surface area (Å²) in [5.41, 5.74) is 2.33. The van der Waals surface area contributed by atoms with Gasteiger partial charge in [-0.15, -0.1) is 0 Å². The van der Waals surface area contributed by atoms with Crippen molar-refractivity contribution < 1.29 is 9.18 Å². The van der Waals surface area contributed by atoms with Crippen molar-refractivity contribution in [3.05, 3.63) is 54.3 Å². The van der Waals surface area contributed by atoms with Crippen molar-refractivity contribution in [2.24, 2.45) is 0 Å². The van der Waals surface area contributed by atoms with Gasteiger partial charge >= 0.3 is 0 Å². The highest BCUT2D eigenvalue weighted by molar-refractivity contribution is 5.94. The van der Waals surface area contributed by atoms with Gasteiger partial charge in [-0.1, -0.05) is 30.3 Å². The van der Waals surface area contributed by atoms with Gasteiger partial charge in [-0.2, -0.15) is 5.10 Å². The van der Waals surface area contributed by atoms with Crippen molar-refractivity contribution in [2.75, 3.05) is 13.1 Å². The number of likely N-dealkylation sites (tertiary alicyclic amines) is 1. The number of hydrogen-bond acceptors (Lipinski definition) is 2. The monoisotopic (exact) mass is 337 g/mol. The molecule has 0 radical (unpaired) electrons. The van der Waals surface area contributed by atoms with E-state index in [1.807, 2.05) is 35.2 Å². The number of carbonyl (C=O) groups is 1. The molecule has 2 aromatic carbocycles. The second-order valence-electron chi connectivity index (χ2n) is 6.48. The minimum Gasteiger partial charge on any atom is -0.341 e. The van der Waals surface area contributed by atoms with Crippen LogP contribution in [0.4, 0.5) is 4.39 Å². The summed E-state index contributed by atoms with van der Waals surface area (Å²) in [4.78, 5) is 14.5. The van der Waals surface area contributed by atoms with Crippen LogP contribution in [-0.4, -0.2) is 33.7 Å². The third kappa shape index (κ3) is 3.14. The molecule has 1 aliphatic rings. The summed E-state index contributed by atoms with van der Waals surface area (Å²) in [5, 5.41) is 5.57. The third-order valence-electron chi connectivity index (χ3n) is 4.75. The summed E-state index contributed by atoms with van der Waals surface area (Å²) in [6.45, 7) is 1.87. The van der Waals surface area contributed by atoms with E-state index in [0.717, 1.165) is 42.4 Å². The normalized spacial score (nSPS) is 14.8. The van der Waals surface area contributed by atoms with Gasteiger partial charge in [0.2, 0.25) is 5.91 Å². The summed E-state index contributed by atoms with van der Waals surface area (Å²) in [6, 6.07) is 14.2. The van der Waals surface area contributed by atoms with E-state index in [9.17, 15) is 9.18 Å². The van der Waals surface area contributed by atoms with Crippen LogP contribution in [0, 0.1) is 5.82 Å². The largest absolute Gasteiger partial charge is 0.341 e. The molecule has 1 aromatic heterocycles. The molecule has 0 saturated carbocycles. The highest BCUT2D eigenvalue weighted by Gasteiger charge is 2.19. The Morgan fingerprint density at radius 2 is 1.84 bits per heavy atom. The molecule has 1 fully saturated rings. The number of hydrogen-bond donors (Lipinski definition) is 0. The number of rotatable bonds is 3. The Labute approximate surface area is 145 Å². The van der Waals surface area contributed by atoms with E-state index in [1.54, 1.807) is 10.7 Å². The Morgan fingerprint density at radius 3 is 2.64 bits per heavy atom. The molecule has 0 N–H and O–H groups in total. The fourth-order valence-corrected chi connectivity index (χ4v) is 3.47. The lowest BCUT2D eigenvalue weighted by Gasteiger charge is -2.26. The van der Waals surface area contributed by atoms with Gasteiger partial charge in [0, 0.05) is 24.0 Å². The van der Waals surface area contributed by atoms with E-state index in [0.29, 0.717) is 5.69 Å². The second kappa shape index (κ2) is 6.67. The standard InChI is InChI=1S/C20H20FN3O/c21-16-8-6-7-15(13-16)20-17-9-2-3-10-18(17)24(22-20)14-19(25)23-11-4-1-5-12-23/h2-3,6-10,13H,1,4-5,11-12,14H2. The van der Waals surface area contributed by atoms with Crippen LogP contribution < -0.4 is 0 Å². The van der Waals surface area contributed by atoms with Crippen molar-refractivity contribution in [3.8, 4) is 11.3 Å². The predicted octanol–water partition coefficient (Wildman–Crippen LogP) is 3.85. The fourth-order valence-electron chi connectivity index (χ4n) is 3.47. The number of fused-ring (bicyclic) bond motifs is 1. The van der Waals surface area contributed by atoms with E-state index in [-0.39, 0.29) is 18.3 Å². The van der Waals surface area contributed by atoms with Gasteiger partial charge in [-0.25, -0.2) is 4.39 Å². The smallest absolute Gasteiger partial charge is 0.244 e. The average Bonchev–Trinajstić information content (AvgIpc) is 3.01. The van der Waals surface area contributed by atoms with Crippen LogP contribution in [0.2, 0.25) is 0 Å². The second-order valence-corrected chi connectivity index (χ2v) is 6.48. The number of nitrogens with zero attached hydrogens (tertiary/aromatic N) is 3. The van der Waals surface area contributed by atoms with Crippen LogP contribution in [0.15, 0.2) is 48.5 Å². The predicted molar refractivity (Wildman–Crippen MR) is 95.6 cm³/mol. The van der Waals surface area contributed by atoms with Crippen LogP contribution in [0.25, 0.3) is 22.2 Å². The molecule has 1 saturated heterocycles. The lowest BCUT2D eigenvalue weighted by atomic mass is 10.1. The summed E-state index contributed by atoms with van der Waals surface area (Å²) >= 11 is 0. The quantitative estimate of drug-likeness (QED) is 0.728. The first-order valence-electron chi connectivity index (χ1n) is 8.71. The summed E-state index contributed by atoms with van der Waals surface area (Å²) < 4.78 is 15.4. The highest BCUT2D eigenvalue weighted by atomic mass is 19.1. The molecule has 2 heterocycles. The number of aromatic nitrogens is 2. The van der Waals surface area contributed by atoms with E-state index in [4.69, 9.17) is 0 Å². The number of amides is 1. The van der Waals surface area contributed by atoms with Crippen LogP contribution >= 0.6 is 0 Å². The minimum absolute atomic E-state index is 0.0961. The van der Waals surface area contributed by atoms with E-state index >= 15 is 0 Å². The van der Waals surface area contributed by atoms with Crippen LogP contribution in [-0.2, 0) is 11.3 Å². The molecule has 4 nitrogen and oxygen atoms in total. The van der Waals surface area contributed by atoms with Crippen molar-refractivity contribution in [2.45, 2.75) is 25.8 Å². The molecule has 128 valence electrons. The minimum atomic E-state index is -0.291. The Bertz CT molecular complexity index is 912. The van der Waals surface area contributed by atoms with Gasteiger partial charge in [0.1, 0.15) is 18.1 Å². The Morgan fingerprint density at radius 1 is 1.04 bits per heavy atom. The number of piperidine rings is 1. The number of benzene rings is 2. The summed E-state index contributed by atoms with van der Waals surface area (Å²) in [6.07, 6.45) is 3.33. The zero-order valence-electron chi connectivity index (χ0n) is 14.0. The summed E-state index contributed by atoms with van der Waals surface area (Å²) in [7, 11) is 0. The first kappa shape index (κ1) is 15.8. The van der Waals surface area contributed by atoms with Gasteiger partial charge in [-0.3, -0.25) is 9.48 Å². The molecule has 0 aliphatic carbocycles. The fraction of sp³-hybridized carbons (Fsp3) is 0.300. The van der Waals surface area contributed by atoms with Crippen molar-refractivity contribution in [1.82, 2.24) is 14.7 Å². The first-order valence-corrected chi connectivity index (χ1v) is 8.71. The molecular weight excluding hydrogens is 317 g/mol. The van der Waals surface area contributed by atoms with Gasteiger partial charge in [-0.05, 0) is 37.5 Å². The van der Waals surface area contributed by atoms with E-state index in [1.165, 1.54) is 18.6 Å². The topological polar surface area (TPSA) is 38.1 Å². The molecular formula is C20H20FN3O. The van der Waals surface area contributed by atoms with Gasteiger partial charge < -0.3 is 4.90 Å². The lowest BCUT2D eigenvalue weighted by Crippen LogP contribution is -2.37. The molecule has 4 rings (SSSR count). The van der Waals surface area contributed by atoms with E-state index < -0.39 is 0 Å². The Hall–Kier alpha value is -2.69. The maximum Gasteiger partial charge on any atom is 0.244 e. The number of carbonyl (C=O) groups excluding carboxylic acids is 1. The summed E-state index contributed by atoms with van der Waals surface area (Å²) in [5.74, 6) is -0.195. The SMILES string of the molecule is O=C(Cn1nc(-c2cccc(F)c2)c2ccccc21)N1CCCCC1. The maximum atomic E-state index is 13.6. The zero-order valence-corrected chi connectivity index (χ0v) is 14.0. The average molecular weight is 337 g/mol. The first-order chi connectivity index (χ1) is 12.2. The van der Waals surface area contributed by atoms with E-state index in [2.05, 4.69) is 5.10 Å². The molecule has 1 aliphatic heterocycles. The molecule has 5 heteroatoms. The maximum absolute atomic E-state index is 13.6. The molecule has 0 spiro atoms. The highest BCUT2D eigenvalue weighted by Crippen LogP contribution is 2.28. The Kier molecular flexibility index (Phi) is 4.22. The molecule has 0 bridgehead atoms. The molecule has 0 unspecified atom stereocenters.